The van der Waals surface area contributed by atoms with Crippen molar-refractivity contribution in [3.63, 3.8) is 0 Å². The zero-order valence-electron chi connectivity index (χ0n) is 8.40. The van der Waals surface area contributed by atoms with Gasteiger partial charge in [-0.05, 0) is 30.3 Å². The second-order valence-corrected chi connectivity index (χ2v) is 3.34. The average molecular weight is 240 g/mol. The van der Waals surface area contributed by atoms with E-state index in [-0.39, 0.29) is 5.02 Å². The Hall–Kier alpha value is -1.81. The summed E-state index contributed by atoms with van der Waals surface area (Å²) in [6.45, 7) is 0. The number of nitrogen functional groups attached to an aromatic ring is 2. The lowest BCUT2D eigenvalue weighted by Crippen LogP contribution is -1.85. The van der Waals surface area contributed by atoms with Crippen molar-refractivity contribution in [3.8, 4) is 0 Å². The Morgan fingerprint density at radius 1 is 1.12 bits per heavy atom. The third-order valence-corrected chi connectivity index (χ3v) is 1.92. The molecule has 0 aliphatic heterocycles. The number of nitrogens with two attached hydrogens (primary N) is 2. The lowest BCUT2D eigenvalue weighted by atomic mass is 10.3. The summed E-state index contributed by atoms with van der Waals surface area (Å²) < 4.78 is 12.3. The highest BCUT2D eigenvalue weighted by Crippen LogP contribution is 2.16. The normalized spacial score (nSPS) is 9.12. The van der Waals surface area contributed by atoms with E-state index in [1.165, 1.54) is 18.2 Å². The van der Waals surface area contributed by atoms with Gasteiger partial charge in [-0.1, -0.05) is 17.7 Å². The van der Waals surface area contributed by atoms with Crippen molar-refractivity contribution >= 4 is 23.1 Å². The fraction of sp³-hybridized carbons (Fsp3) is 0. The van der Waals surface area contributed by atoms with E-state index in [0.717, 1.165) is 0 Å². The Kier molecular flexibility index (Phi) is 4.54. The summed E-state index contributed by atoms with van der Waals surface area (Å²) in [6.07, 6.45) is 1.66. The minimum atomic E-state index is -0.439. The predicted molar refractivity (Wildman–Crippen MR) is 64.5 cm³/mol. The van der Waals surface area contributed by atoms with Gasteiger partial charge >= 0.3 is 0 Å². The number of benzene rings is 1. The summed E-state index contributed by atoms with van der Waals surface area (Å²) in [5.41, 5.74) is 11.0. The number of aromatic nitrogens is 1. The van der Waals surface area contributed by atoms with Gasteiger partial charge in [0.2, 0.25) is 0 Å². The Morgan fingerprint density at radius 3 is 2.25 bits per heavy atom. The topological polar surface area (TPSA) is 64.9 Å². The molecule has 0 atom stereocenters. The van der Waals surface area contributed by atoms with Crippen molar-refractivity contribution in [1.29, 1.82) is 0 Å². The zero-order chi connectivity index (χ0) is 12.0. The van der Waals surface area contributed by atoms with Gasteiger partial charge in [0.05, 0.1) is 5.02 Å². The van der Waals surface area contributed by atoms with Gasteiger partial charge in [-0.15, -0.1) is 0 Å². The molecule has 1 heterocycles. The number of anilines is 2. The van der Waals surface area contributed by atoms with Crippen LogP contribution in [-0.4, -0.2) is 4.98 Å². The third kappa shape index (κ3) is 4.14. The van der Waals surface area contributed by atoms with Gasteiger partial charge in [0.1, 0.15) is 11.6 Å². The number of halogens is 2. The van der Waals surface area contributed by atoms with Crippen LogP contribution < -0.4 is 11.5 Å². The summed E-state index contributed by atoms with van der Waals surface area (Å²) in [6, 6.07) is 9.49. The molecular formula is C11H11ClFN3. The van der Waals surface area contributed by atoms with E-state index in [0.29, 0.717) is 11.5 Å². The van der Waals surface area contributed by atoms with Gasteiger partial charge in [0.25, 0.3) is 0 Å². The van der Waals surface area contributed by atoms with Crippen LogP contribution in [0.4, 0.5) is 15.9 Å². The second-order valence-electron chi connectivity index (χ2n) is 2.93. The van der Waals surface area contributed by atoms with Gasteiger partial charge in [0, 0.05) is 11.9 Å². The lowest BCUT2D eigenvalue weighted by molar-refractivity contribution is 0.628. The molecule has 1 aromatic heterocycles. The molecule has 0 amide bonds. The Labute approximate surface area is 97.9 Å². The molecule has 5 heteroatoms. The van der Waals surface area contributed by atoms with E-state index in [1.807, 2.05) is 12.1 Å². The van der Waals surface area contributed by atoms with Crippen LogP contribution in [0.2, 0.25) is 5.02 Å². The highest BCUT2D eigenvalue weighted by molar-refractivity contribution is 6.31. The Morgan fingerprint density at radius 2 is 1.88 bits per heavy atom. The van der Waals surface area contributed by atoms with E-state index in [1.54, 1.807) is 12.3 Å². The largest absolute Gasteiger partial charge is 0.399 e. The maximum Gasteiger partial charge on any atom is 0.141 e. The van der Waals surface area contributed by atoms with Crippen LogP contribution in [0.25, 0.3) is 0 Å². The molecule has 0 saturated carbocycles. The number of hydrogen-bond donors (Lipinski definition) is 2. The summed E-state index contributed by atoms with van der Waals surface area (Å²) >= 11 is 5.36. The smallest absolute Gasteiger partial charge is 0.141 e. The highest BCUT2D eigenvalue weighted by Gasteiger charge is 1.95. The van der Waals surface area contributed by atoms with E-state index in [4.69, 9.17) is 23.1 Å². The van der Waals surface area contributed by atoms with Crippen molar-refractivity contribution in [3.05, 3.63) is 53.4 Å². The fourth-order valence-corrected chi connectivity index (χ4v) is 1.08. The van der Waals surface area contributed by atoms with Gasteiger partial charge in [-0.3, -0.25) is 0 Å². The average Bonchev–Trinajstić information content (AvgIpc) is 2.26. The molecule has 0 aliphatic rings. The molecule has 0 fully saturated rings. The molecule has 3 nitrogen and oxygen atoms in total. The predicted octanol–water partition coefficient (Wildman–Crippen LogP) is 2.73. The quantitative estimate of drug-likeness (QED) is 0.695. The maximum atomic E-state index is 12.3. The first kappa shape index (κ1) is 12.3. The molecule has 0 unspecified atom stereocenters. The van der Waals surface area contributed by atoms with E-state index in [2.05, 4.69) is 4.98 Å². The standard InChI is InChI=1S/C6H5ClFN.C5H6N2/c7-5-3-4(9)1-2-6(5)8;6-5-3-1-2-4-7-5/h1-3H,9H2;1-4H,(H2,6,7). The van der Waals surface area contributed by atoms with Crippen LogP contribution in [0.1, 0.15) is 0 Å². The first-order valence-corrected chi connectivity index (χ1v) is 4.84. The van der Waals surface area contributed by atoms with E-state index < -0.39 is 5.82 Å². The van der Waals surface area contributed by atoms with Crippen LogP contribution in [-0.2, 0) is 0 Å². The first-order valence-electron chi connectivity index (χ1n) is 4.46. The fourth-order valence-electron chi connectivity index (χ4n) is 0.888. The molecule has 16 heavy (non-hydrogen) atoms. The lowest BCUT2D eigenvalue weighted by Gasteiger charge is -1.93. The highest BCUT2D eigenvalue weighted by atomic mass is 35.5. The third-order valence-electron chi connectivity index (χ3n) is 1.63. The van der Waals surface area contributed by atoms with Gasteiger partial charge < -0.3 is 11.5 Å². The summed E-state index contributed by atoms with van der Waals surface area (Å²) in [7, 11) is 0. The Bertz CT molecular complexity index is 448. The molecule has 4 N–H and O–H groups in total. The molecule has 0 bridgehead atoms. The first-order chi connectivity index (χ1) is 7.59. The van der Waals surface area contributed by atoms with Crippen LogP contribution in [0, 0.1) is 5.82 Å². The van der Waals surface area contributed by atoms with Crippen molar-refractivity contribution in [2.45, 2.75) is 0 Å². The molecule has 2 rings (SSSR count). The number of nitrogens with zero attached hydrogens (tertiary/aromatic N) is 1. The molecule has 2 aromatic rings. The molecule has 0 radical (unpaired) electrons. The van der Waals surface area contributed by atoms with Crippen molar-refractivity contribution in [2.75, 3.05) is 11.5 Å². The maximum absolute atomic E-state index is 12.3. The molecule has 0 saturated heterocycles. The second kappa shape index (κ2) is 5.92. The zero-order valence-corrected chi connectivity index (χ0v) is 9.16. The van der Waals surface area contributed by atoms with Gasteiger partial charge in [-0.2, -0.15) is 0 Å². The summed E-state index contributed by atoms with van der Waals surface area (Å²) in [5, 5.41) is 0.0648. The van der Waals surface area contributed by atoms with Gasteiger partial charge in [0.15, 0.2) is 0 Å². The molecule has 0 aliphatic carbocycles. The SMILES string of the molecule is Nc1ccc(F)c(Cl)c1.Nc1ccccn1. The van der Waals surface area contributed by atoms with Crippen LogP contribution in [0.5, 0.6) is 0 Å². The monoisotopic (exact) mass is 239 g/mol. The van der Waals surface area contributed by atoms with Crippen molar-refractivity contribution in [1.82, 2.24) is 4.98 Å². The van der Waals surface area contributed by atoms with E-state index in [9.17, 15) is 4.39 Å². The molecule has 1 aromatic carbocycles. The van der Waals surface area contributed by atoms with Crippen LogP contribution >= 0.6 is 11.6 Å². The molecule has 0 spiro atoms. The number of rotatable bonds is 0. The van der Waals surface area contributed by atoms with Crippen molar-refractivity contribution < 1.29 is 4.39 Å². The number of pyridine rings is 1. The van der Waals surface area contributed by atoms with Crippen LogP contribution in [0.15, 0.2) is 42.6 Å². The number of hydrogen-bond acceptors (Lipinski definition) is 3. The summed E-state index contributed by atoms with van der Waals surface area (Å²) in [4.78, 5) is 3.76. The van der Waals surface area contributed by atoms with Crippen LogP contribution in [0.3, 0.4) is 0 Å². The van der Waals surface area contributed by atoms with Gasteiger partial charge in [-0.25, -0.2) is 9.37 Å². The molecule has 84 valence electrons. The minimum Gasteiger partial charge on any atom is -0.399 e. The Balaban J connectivity index is 0.000000165. The van der Waals surface area contributed by atoms with E-state index >= 15 is 0 Å². The summed E-state index contributed by atoms with van der Waals surface area (Å²) in [5.74, 6) is 0.133. The van der Waals surface area contributed by atoms with Crippen molar-refractivity contribution in [2.24, 2.45) is 0 Å². The molecular weight excluding hydrogens is 229 g/mol. The minimum absolute atomic E-state index is 0.0648.